The van der Waals surface area contributed by atoms with E-state index in [0.29, 0.717) is 5.69 Å². The summed E-state index contributed by atoms with van der Waals surface area (Å²) in [6, 6.07) is 13.3. The smallest absolute Gasteiger partial charge is 0.294 e. The van der Waals surface area contributed by atoms with Gasteiger partial charge in [-0.15, -0.1) is 0 Å². The minimum Gasteiger partial charge on any atom is -0.350 e. The molecule has 19 heavy (non-hydrogen) atoms. The number of hydrogen-bond donors (Lipinski definition) is 1. The summed E-state index contributed by atoms with van der Waals surface area (Å²) in [5.74, 6) is 0. The normalized spacial score (nSPS) is 9.47. The first-order valence-corrected chi connectivity index (χ1v) is 5.39. The van der Waals surface area contributed by atoms with E-state index in [1.807, 2.05) is 18.2 Å². The first-order valence-electron chi connectivity index (χ1n) is 5.39. The highest BCUT2D eigenvalue weighted by atomic mass is 16.6. The Morgan fingerprint density at radius 3 is 2.53 bits per heavy atom. The van der Waals surface area contributed by atoms with Crippen LogP contribution in [0.3, 0.4) is 0 Å². The van der Waals surface area contributed by atoms with Gasteiger partial charge in [0, 0.05) is 11.8 Å². The largest absolute Gasteiger partial charge is 0.350 e. The number of nitro benzene ring substituents is 1. The fourth-order valence-corrected chi connectivity index (χ4v) is 1.58. The van der Waals surface area contributed by atoms with E-state index in [1.54, 1.807) is 12.1 Å². The summed E-state index contributed by atoms with van der Waals surface area (Å²) in [6.45, 7) is 0. The summed E-state index contributed by atoms with van der Waals surface area (Å²) in [6.07, 6.45) is 1.35. The summed E-state index contributed by atoms with van der Waals surface area (Å²) in [4.78, 5) is 24.0. The first kappa shape index (κ1) is 12.5. The second kappa shape index (κ2) is 5.57. The average Bonchev–Trinajstić information content (AvgIpc) is 2.42. The zero-order valence-corrected chi connectivity index (χ0v) is 9.74. The van der Waals surface area contributed by atoms with Crippen LogP contribution in [-0.2, 0) is 4.79 Å². The number of aliphatic imine (C=N–C) groups is 1. The molecule has 0 bridgehead atoms. The quantitative estimate of drug-likeness (QED) is 0.393. The number of rotatable bonds is 4. The molecule has 6 heteroatoms. The highest BCUT2D eigenvalue weighted by Gasteiger charge is 2.14. The minimum absolute atomic E-state index is 0.152. The van der Waals surface area contributed by atoms with Crippen LogP contribution in [0.25, 0.3) is 0 Å². The van der Waals surface area contributed by atoms with Crippen LogP contribution >= 0.6 is 0 Å². The molecule has 0 amide bonds. The number of carbonyl (C=O) groups excluding carboxylic acids is 1. The van der Waals surface area contributed by atoms with Gasteiger partial charge in [0.15, 0.2) is 0 Å². The van der Waals surface area contributed by atoms with Crippen LogP contribution in [0.5, 0.6) is 0 Å². The Hall–Kier alpha value is -2.98. The van der Waals surface area contributed by atoms with Crippen molar-refractivity contribution >= 4 is 28.8 Å². The maximum atomic E-state index is 11.0. The molecule has 2 aromatic rings. The number of nitrogens with zero attached hydrogens (tertiary/aromatic N) is 2. The fourth-order valence-electron chi connectivity index (χ4n) is 1.58. The Kier molecular flexibility index (Phi) is 3.66. The van der Waals surface area contributed by atoms with Crippen molar-refractivity contribution in [3.05, 3.63) is 58.6 Å². The maximum Gasteiger partial charge on any atom is 0.294 e. The van der Waals surface area contributed by atoms with Crippen molar-refractivity contribution in [3.8, 4) is 0 Å². The molecule has 0 aliphatic rings. The molecule has 0 atom stereocenters. The lowest BCUT2D eigenvalue weighted by Crippen LogP contribution is -1.96. The molecule has 1 N–H and O–H groups in total. The van der Waals surface area contributed by atoms with Gasteiger partial charge in [-0.1, -0.05) is 18.2 Å². The molecule has 6 nitrogen and oxygen atoms in total. The van der Waals surface area contributed by atoms with E-state index in [1.165, 1.54) is 24.3 Å². The number of para-hydroxylation sites is 1. The van der Waals surface area contributed by atoms with Crippen molar-refractivity contribution in [1.82, 2.24) is 0 Å². The van der Waals surface area contributed by atoms with Crippen molar-refractivity contribution in [3.63, 3.8) is 0 Å². The third-order valence-corrected chi connectivity index (χ3v) is 2.41. The lowest BCUT2D eigenvalue weighted by atomic mass is 10.2. The van der Waals surface area contributed by atoms with Crippen LogP contribution in [0.4, 0.5) is 22.7 Å². The summed E-state index contributed by atoms with van der Waals surface area (Å²) in [7, 11) is 0. The molecular formula is C13H9N3O3. The molecule has 0 aliphatic carbocycles. The summed E-state index contributed by atoms with van der Waals surface area (Å²) in [5.41, 5.74) is 1.11. The van der Waals surface area contributed by atoms with E-state index in [0.717, 1.165) is 5.69 Å². The van der Waals surface area contributed by atoms with Crippen LogP contribution in [0.1, 0.15) is 0 Å². The van der Waals surface area contributed by atoms with Crippen LogP contribution < -0.4 is 5.32 Å². The molecule has 0 fully saturated rings. The highest BCUT2D eigenvalue weighted by Crippen LogP contribution is 2.31. The molecule has 0 aliphatic heterocycles. The van der Waals surface area contributed by atoms with E-state index in [9.17, 15) is 14.9 Å². The van der Waals surface area contributed by atoms with E-state index in [4.69, 9.17) is 0 Å². The zero-order chi connectivity index (χ0) is 13.7. The predicted octanol–water partition coefficient (Wildman–Crippen LogP) is 3.31. The molecule has 0 aromatic heterocycles. The van der Waals surface area contributed by atoms with Crippen LogP contribution in [-0.4, -0.2) is 11.0 Å². The number of benzene rings is 2. The third-order valence-electron chi connectivity index (χ3n) is 2.41. The van der Waals surface area contributed by atoms with Gasteiger partial charge in [0.1, 0.15) is 5.69 Å². The molecule has 2 aromatic carbocycles. The van der Waals surface area contributed by atoms with E-state index in [2.05, 4.69) is 10.3 Å². The lowest BCUT2D eigenvalue weighted by molar-refractivity contribution is -0.383. The van der Waals surface area contributed by atoms with Crippen molar-refractivity contribution in [1.29, 1.82) is 0 Å². The monoisotopic (exact) mass is 255 g/mol. The second-order valence-corrected chi connectivity index (χ2v) is 3.65. The van der Waals surface area contributed by atoms with Gasteiger partial charge < -0.3 is 5.32 Å². The number of nitrogens with one attached hydrogen (secondary N) is 1. The molecule has 94 valence electrons. The Morgan fingerprint density at radius 1 is 1.16 bits per heavy atom. The van der Waals surface area contributed by atoms with Crippen molar-refractivity contribution in [2.24, 2.45) is 4.99 Å². The number of isocyanates is 1. The second-order valence-electron chi connectivity index (χ2n) is 3.65. The van der Waals surface area contributed by atoms with E-state index < -0.39 is 4.92 Å². The zero-order valence-electron chi connectivity index (χ0n) is 9.74. The van der Waals surface area contributed by atoms with E-state index >= 15 is 0 Å². The van der Waals surface area contributed by atoms with Gasteiger partial charge in [0.05, 0.1) is 10.6 Å². The molecule has 0 heterocycles. The summed E-state index contributed by atoms with van der Waals surface area (Å²) < 4.78 is 0. The SMILES string of the molecule is O=C=Nc1ccc(Nc2ccccc2)c([N+](=O)[O-])c1. The molecule has 0 radical (unpaired) electrons. The van der Waals surface area contributed by atoms with Crippen molar-refractivity contribution < 1.29 is 9.72 Å². The van der Waals surface area contributed by atoms with Crippen molar-refractivity contribution in [2.45, 2.75) is 0 Å². The lowest BCUT2D eigenvalue weighted by Gasteiger charge is -2.07. The Balaban J connectivity index is 2.40. The molecule has 0 saturated carbocycles. The Morgan fingerprint density at radius 2 is 1.89 bits per heavy atom. The van der Waals surface area contributed by atoms with E-state index in [-0.39, 0.29) is 11.4 Å². The molecule has 0 unspecified atom stereocenters. The summed E-state index contributed by atoms with van der Waals surface area (Å²) in [5, 5.41) is 13.9. The van der Waals surface area contributed by atoms with Gasteiger partial charge in [-0.05, 0) is 24.3 Å². The van der Waals surface area contributed by atoms with Gasteiger partial charge in [0.2, 0.25) is 6.08 Å². The van der Waals surface area contributed by atoms with Crippen LogP contribution in [0, 0.1) is 10.1 Å². The van der Waals surface area contributed by atoms with Gasteiger partial charge in [-0.2, -0.15) is 4.99 Å². The van der Waals surface area contributed by atoms with Gasteiger partial charge in [-0.3, -0.25) is 10.1 Å². The van der Waals surface area contributed by atoms with Crippen molar-refractivity contribution in [2.75, 3.05) is 5.32 Å². The number of anilines is 2. The minimum atomic E-state index is -0.533. The molecule has 2 rings (SSSR count). The molecular weight excluding hydrogens is 246 g/mol. The Labute approximate surface area is 108 Å². The van der Waals surface area contributed by atoms with Gasteiger partial charge in [-0.25, -0.2) is 4.79 Å². The topological polar surface area (TPSA) is 84.6 Å². The highest BCUT2D eigenvalue weighted by molar-refractivity contribution is 5.72. The van der Waals surface area contributed by atoms with Gasteiger partial charge in [0.25, 0.3) is 5.69 Å². The number of hydrogen-bond acceptors (Lipinski definition) is 5. The average molecular weight is 255 g/mol. The Bertz CT molecular complexity index is 649. The molecule has 0 spiro atoms. The number of nitro groups is 1. The predicted molar refractivity (Wildman–Crippen MR) is 70.6 cm³/mol. The standard InChI is InChI=1S/C13H9N3O3/c17-9-14-11-6-7-12(13(8-11)16(18)19)15-10-4-2-1-3-5-10/h1-8,15H. The van der Waals surface area contributed by atoms with Crippen LogP contribution in [0.2, 0.25) is 0 Å². The van der Waals surface area contributed by atoms with Crippen LogP contribution in [0.15, 0.2) is 53.5 Å². The van der Waals surface area contributed by atoms with Gasteiger partial charge >= 0.3 is 0 Å². The maximum absolute atomic E-state index is 11.0. The molecule has 0 saturated heterocycles. The fraction of sp³-hybridized carbons (Fsp3) is 0. The third kappa shape index (κ3) is 3.02. The first-order chi connectivity index (χ1) is 9.20. The summed E-state index contributed by atoms with van der Waals surface area (Å²) >= 11 is 0.